The maximum atomic E-state index is 12.9. The topological polar surface area (TPSA) is 78.9 Å². The van der Waals surface area contributed by atoms with Gasteiger partial charge in [0.2, 0.25) is 0 Å². The van der Waals surface area contributed by atoms with E-state index in [4.69, 9.17) is 14.2 Å². The first kappa shape index (κ1) is 66.2. The Kier molecular flexibility index (Phi) is 56.2. The Morgan fingerprint density at radius 2 is 0.485 bits per heavy atom. The minimum absolute atomic E-state index is 0.0655. The van der Waals surface area contributed by atoms with E-state index in [1.54, 1.807) is 0 Å². The molecule has 0 aromatic heterocycles. The molecule has 1 atom stereocenters. The van der Waals surface area contributed by atoms with E-state index in [9.17, 15) is 14.4 Å². The van der Waals surface area contributed by atoms with Crippen LogP contribution in [0.1, 0.15) is 348 Å². The zero-order valence-electron chi connectivity index (χ0n) is 46.2. The summed E-state index contributed by atoms with van der Waals surface area (Å²) in [6, 6.07) is 0. The van der Waals surface area contributed by atoms with E-state index in [-0.39, 0.29) is 31.1 Å². The molecule has 6 heteroatoms. The third kappa shape index (κ3) is 55.1. The number of unbranched alkanes of at least 4 members (excludes halogenated alkanes) is 44. The molecule has 0 aliphatic heterocycles. The second kappa shape index (κ2) is 57.7. The molecule has 0 bridgehead atoms. The number of allylic oxidation sites excluding steroid dienone is 2. The van der Waals surface area contributed by atoms with Crippen molar-refractivity contribution in [3.8, 4) is 0 Å². The summed E-state index contributed by atoms with van der Waals surface area (Å²) in [5.41, 5.74) is 0. The molecule has 0 saturated heterocycles. The van der Waals surface area contributed by atoms with Crippen molar-refractivity contribution in [3.63, 3.8) is 0 Å². The van der Waals surface area contributed by atoms with Crippen molar-refractivity contribution in [3.05, 3.63) is 12.2 Å². The minimum atomic E-state index is -0.767. The molecule has 0 amide bonds. The normalized spacial score (nSPS) is 12.0. The number of hydrogen-bond acceptors (Lipinski definition) is 6. The molecular weight excluding hydrogens is 841 g/mol. The molecule has 0 heterocycles. The van der Waals surface area contributed by atoms with E-state index in [0.717, 1.165) is 57.8 Å². The number of carbonyl (C=O) groups excluding carboxylic acids is 3. The second-order valence-electron chi connectivity index (χ2n) is 21.0. The number of esters is 3. The van der Waals surface area contributed by atoms with Crippen LogP contribution in [0, 0.1) is 0 Å². The van der Waals surface area contributed by atoms with Gasteiger partial charge in [0.1, 0.15) is 13.2 Å². The van der Waals surface area contributed by atoms with Gasteiger partial charge >= 0.3 is 17.9 Å². The van der Waals surface area contributed by atoms with Gasteiger partial charge in [-0.25, -0.2) is 0 Å². The molecule has 6 nitrogen and oxygen atoms in total. The van der Waals surface area contributed by atoms with E-state index in [1.165, 1.54) is 250 Å². The minimum Gasteiger partial charge on any atom is -0.462 e. The fourth-order valence-corrected chi connectivity index (χ4v) is 9.38. The van der Waals surface area contributed by atoms with Gasteiger partial charge in [0.05, 0.1) is 0 Å². The summed E-state index contributed by atoms with van der Waals surface area (Å²) in [4.78, 5) is 38.2. The molecule has 402 valence electrons. The maximum absolute atomic E-state index is 12.9. The van der Waals surface area contributed by atoms with Gasteiger partial charge < -0.3 is 14.2 Å². The van der Waals surface area contributed by atoms with Gasteiger partial charge in [0.25, 0.3) is 0 Å². The first-order chi connectivity index (χ1) is 33.5. The van der Waals surface area contributed by atoms with E-state index in [1.807, 2.05) is 0 Å². The van der Waals surface area contributed by atoms with Crippen LogP contribution < -0.4 is 0 Å². The molecule has 0 unspecified atom stereocenters. The van der Waals surface area contributed by atoms with Crippen LogP contribution in [-0.2, 0) is 28.6 Å². The lowest BCUT2D eigenvalue weighted by atomic mass is 10.0. The van der Waals surface area contributed by atoms with E-state index in [0.29, 0.717) is 19.3 Å². The maximum Gasteiger partial charge on any atom is 0.306 e. The first-order valence-electron chi connectivity index (χ1n) is 30.7. The van der Waals surface area contributed by atoms with E-state index >= 15 is 0 Å². The molecule has 0 aliphatic rings. The highest BCUT2D eigenvalue weighted by Gasteiger charge is 2.19. The molecule has 68 heavy (non-hydrogen) atoms. The number of rotatable bonds is 57. The Labute approximate surface area is 424 Å². The molecule has 0 N–H and O–H groups in total. The van der Waals surface area contributed by atoms with Crippen LogP contribution in [0.15, 0.2) is 12.2 Å². The van der Waals surface area contributed by atoms with Crippen LogP contribution in [0.2, 0.25) is 0 Å². The highest BCUT2D eigenvalue weighted by molar-refractivity contribution is 5.71. The lowest BCUT2D eigenvalue weighted by molar-refractivity contribution is -0.167. The molecule has 0 spiro atoms. The molecule has 0 fully saturated rings. The van der Waals surface area contributed by atoms with Crippen LogP contribution in [0.3, 0.4) is 0 Å². The van der Waals surface area contributed by atoms with Crippen LogP contribution in [-0.4, -0.2) is 37.2 Å². The average molecular weight is 960 g/mol. The highest BCUT2D eigenvalue weighted by Crippen LogP contribution is 2.18. The SMILES string of the molecule is CCCCCCCC/C=C\CCCCCCCCCC(=O)O[C@@H](COC(=O)CCCCCCCCCCCCCC)COC(=O)CCCCCCCCCCCCCCCCCCCCCCC. The zero-order valence-corrected chi connectivity index (χ0v) is 46.2. The van der Waals surface area contributed by atoms with Crippen molar-refractivity contribution >= 4 is 17.9 Å². The van der Waals surface area contributed by atoms with Crippen molar-refractivity contribution in [2.24, 2.45) is 0 Å². The monoisotopic (exact) mass is 959 g/mol. The van der Waals surface area contributed by atoms with Crippen LogP contribution >= 0.6 is 0 Å². The Morgan fingerprint density at radius 1 is 0.279 bits per heavy atom. The second-order valence-corrected chi connectivity index (χ2v) is 21.0. The van der Waals surface area contributed by atoms with Crippen LogP contribution in [0.5, 0.6) is 0 Å². The predicted octanol–water partition coefficient (Wildman–Crippen LogP) is 20.5. The molecule has 0 aliphatic carbocycles. The lowest BCUT2D eigenvalue weighted by Crippen LogP contribution is -2.30. The molecule has 0 rings (SSSR count). The largest absolute Gasteiger partial charge is 0.462 e. The Morgan fingerprint density at radius 3 is 0.735 bits per heavy atom. The predicted molar refractivity (Wildman–Crippen MR) is 293 cm³/mol. The molecule has 0 aromatic rings. The lowest BCUT2D eigenvalue weighted by Gasteiger charge is -2.18. The average Bonchev–Trinajstić information content (AvgIpc) is 3.34. The Hall–Kier alpha value is -1.85. The molecular formula is C62H118O6. The van der Waals surface area contributed by atoms with Gasteiger partial charge in [0.15, 0.2) is 6.10 Å². The summed E-state index contributed by atoms with van der Waals surface area (Å²) in [6.07, 6.45) is 66.4. The van der Waals surface area contributed by atoms with Gasteiger partial charge in [-0.1, -0.05) is 296 Å². The number of carbonyl (C=O) groups is 3. The van der Waals surface area contributed by atoms with Gasteiger partial charge in [-0.05, 0) is 44.9 Å². The number of hydrogen-bond donors (Lipinski definition) is 0. The quantitative estimate of drug-likeness (QED) is 0.0262. The highest BCUT2D eigenvalue weighted by atomic mass is 16.6. The summed E-state index contributed by atoms with van der Waals surface area (Å²) in [7, 11) is 0. The third-order valence-electron chi connectivity index (χ3n) is 14.0. The van der Waals surface area contributed by atoms with Crippen molar-refractivity contribution < 1.29 is 28.6 Å². The van der Waals surface area contributed by atoms with Gasteiger partial charge in [-0.2, -0.15) is 0 Å². The zero-order chi connectivity index (χ0) is 49.3. The van der Waals surface area contributed by atoms with Crippen LogP contribution in [0.4, 0.5) is 0 Å². The standard InChI is InChI=1S/C62H118O6/c1-4-7-10-13-16-19-22-25-27-29-30-31-32-34-35-37-40-43-46-49-52-55-61(64)67-58-59(57-66-60(63)54-51-48-45-42-39-24-21-18-15-12-9-6-3)68-62(65)56-53-50-47-44-41-38-36-33-28-26-23-20-17-14-11-8-5-2/h26,28,59H,4-25,27,29-58H2,1-3H3/b28-26-/t59-/m0/s1. The smallest absolute Gasteiger partial charge is 0.306 e. The fraction of sp³-hybridized carbons (Fsp3) is 0.919. The van der Waals surface area contributed by atoms with Gasteiger partial charge in [-0.3, -0.25) is 14.4 Å². The molecule has 0 saturated carbocycles. The van der Waals surface area contributed by atoms with E-state index in [2.05, 4.69) is 32.9 Å². The Balaban J connectivity index is 4.25. The summed E-state index contributed by atoms with van der Waals surface area (Å²) in [5, 5.41) is 0. The van der Waals surface area contributed by atoms with Crippen molar-refractivity contribution in [1.82, 2.24) is 0 Å². The van der Waals surface area contributed by atoms with Crippen molar-refractivity contribution in [1.29, 1.82) is 0 Å². The van der Waals surface area contributed by atoms with Gasteiger partial charge in [-0.15, -0.1) is 0 Å². The third-order valence-corrected chi connectivity index (χ3v) is 14.0. The fourth-order valence-electron chi connectivity index (χ4n) is 9.38. The summed E-state index contributed by atoms with van der Waals surface area (Å²) >= 11 is 0. The first-order valence-corrected chi connectivity index (χ1v) is 30.7. The summed E-state index contributed by atoms with van der Waals surface area (Å²) in [6.45, 7) is 6.69. The summed E-state index contributed by atoms with van der Waals surface area (Å²) < 4.78 is 16.9. The van der Waals surface area contributed by atoms with Crippen molar-refractivity contribution in [2.75, 3.05) is 13.2 Å². The van der Waals surface area contributed by atoms with E-state index < -0.39 is 6.10 Å². The Bertz CT molecular complexity index is 1060. The number of ether oxygens (including phenoxy) is 3. The van der Waals surface area contributed by atoms with Crippen LogP contribution in [0.25, 0.3) is 0 Å². The van der Waals surface area contributed by atoms with Gasteiger partial charge in [0, 0.05) is 19.3 Å². The van der Waals surface area contributed by atoms with Crippen molar-refractivity contribution in [2.45, 2.75) is 354 Å². The molecule has 0 radical (unpaired) electrons. The molecule has 0 aromatic carbocycles. The summed E-state index contributed by atoms with van der Waals surface area (Å²) in [5.74, 6) is -0.843.